The van der Waals surface area contributed by atoms with Gasteiger partial charge in [0.25, 0.3) is 0 Å². The largest absolute Gasteiger partial charge is 0.147 e. The van der Waals surface area contributed by atoms with Crippen molar-refractivity contribution in [2.75, 3.05) is 0 Å². The molecule has 0 N–H and O–H groups in total. The molecule has 2 aromatic carbocycles. The van der Waals surface area contributed by atoms with Crippen LogP contribution in [0, 0.1) is 0 Å². The Morgan fingerprint density at radius 2 is 1.74 bits per heavy atom. The molecule has 121 valence electrons. The van der Waals surface area contributed by atoms with Gasteiger partial charge in [-0.15, -0.1) is 24.8 Å². The summed E-state index contributed by atoms with van der Waals surface area (Å²) in [5.41, 5.74) is 6.91. The molecule has 0 saturated carbocycles. The van der Waals surface area contributed by atoms with E-state index in [1.54, 1.807) is 20.8 Å². The van der Waals surface area contributed by atoms with Gasteiger partial charge in [-0.1, -0.05) is 0 Å². The van der Waals surface area contributed by atoms with Crippen molar-refractivity contribution < 1.29 is 24.1 Å². The minimum Gasteiger partial charge on any atom is -0.147 e. The topological polar surface area (TPSA) is 9.23 Å². The van der Waals surface area contributed by atoms with Crippen molar-refractivity contribution in [3.8, 4) is 0 Å². The molecule has 2 aromatic rings. The molecule has 1 aliphatic carbocycles. The van der Waals surface area contributed by atoms with Crippen LogP contribution in [-0.4, -0.2) is 0 Å². The number of halogens is 2. The van der Waals surface area contributed by atoms with Gasteiger partial charge in [-0.25, -0.2) is 0 Å². The monoisotopic (exact) mass is 383 g/mol. The molecule has 3 rings (SSSR count). The van der Waals surface area contributed by atoms with E-state index in [-0.39, 0.29) is 30.9 Å². The minimum atomic E-state index is 0. The molecule has 0 heterocycles. The van der Waals surface area contributed by atoms with E-state index in [1.807, 2.05) is 0 Å². The molecular formula is C19H21Cl2OTi. The van der Waals surface area contributed by atoms with Crippen LogP contribution in [0.1, 0.15) is 44.4 Å². The fourth-order valence-electron chi connectivity index (χ4n) is 3.29. The Hall–Kier alpha value is -0.566. The molecule has 0 amide bonds. The summed E-state index contributed by atoms with van der Waals surface area (Å²) in [5.74, 6) is 0. The zero-order valence-electron chi connectivity index (χ0n) is 13.6. The molecule has 1 atom stereocenters. The predicted molar refractivity (Wildman–Crippen MR) is 98.9 cm³/mol. The van der Waals surface area contributed by atoms with Crippen LogP contribution in [0.2, 0.25) is 0 Å². The van der Waals surface area contributed by atoms with Crippen LogP contribution in [-0.2, 0) is 24.1 Å². The summed E-state index contributed by atoms with van der Waals surface area (Å²) in [6.45, 7) is 6.55. The van der Waals surface area contributed by atoms with Gasteiger partial charge in [-0.2, -0.15) is 0 Å². The molecule has 0 spiro atoms. The maximum atomic E-state index is 5.67. The van der Waals surface area contributed by atoms with Gasteiger partial charge in [0.1, 0.15) is 0 Å². The Bertz CT molecular complexity index is 765. The average molecular weight is 384 g/mol. The molecule has 4 heteroatoms. The predicted octanol–water partition coefficient (Wildman–Crippen LogP) is 6.35. The third-order valence-electron chi connectivity index (χ3n) is 4.27. The Kier molecular flexibility index (Phi) is 7.58. The summed E-state index contributed by atoms with van der Waals surface area (Å²) >= 11 is 1.79. The number of benzene rings is 2. The molecule has 1 nitrogen and oxygen atoms in total. The van der Waals surface area contributed by atoms with Gasteiger partial charge < -0.3 is 0 Å². The quantitative estimate of drug-likeness (QED) is 0.561. The fraction of sp³-hybridized carbons (Fsp3) is 0.263. The molecule has 23 heavy (non-hydrogen) atoms. The van der Waals surface area contributed by atoms with E-state index in [0.29, 0.717) is 0 Å². The zero-order chi connectivity index (χ0) is 15.0. The van der Waals surface area contributed by atoms with Crippen molar-refractivity contribution in [2.45, 2.75) is 33.3 Å². The first kappa shape index (κ1) is 20.5. The van der Waals surface area contributed by atoms with Crippen molar-refractivity contribution in [1.82, 2.24) is 0 Å². The van der Waals surface area contributed by atoms with Crippen molar-refractivity contribution in [1.29, 1.82) is 0 Å². The van der Waals surface area contributed by atoms with Crippen LogP contribution in [0.5, 0.6) is 0 Å². The van der Waals surface area contributed by atoms with Gasteiger partial charge in [0.15, 0.2) is 0 Å². The summed E-state index contributed by atoms with van der Waals surface area (Å²) in [6, 6.07) is 13.1. The second-order valence-electron chi connectivity index (χ2n) is 5.84. The molecule has 0 radical (unpaired) electrons. The van der Waals surface area contributed by atoms with E-state index >= 15 is 0 Å². The normalized spacial score (nSPS) is 15.0. The number of rotatable bonds is 3. The van der Waals surface area contributed by atoms with E-state index in [0.717, 1.165) is 6.42 Å². The summed E-state index contributed by atoms with van der Waals surface area (Å²) in [4.78, 5) is 0. The van der Waals surface area contributed by atoms with E-state index in [2.05, 4.69) is 63.2 Å². The number of allylic oxidation sites excluding steroid dienone is 4. The minimum absolute atomic E-state index is 0. The summed E-state index contributed by atoms with van der Waals surface area (Å²) in [6.07, 6.45) is 3.44. The molecular weight excluding hydrogens is 363 g/mol. The van der Waals surface area contributed by atoms with Crippen molar-refractivity contribution in [3.05, 3.63) is 64.7 Å². The standard InChI is InChI=1S/C19H19O.2ClH.Ti/c1-12-10-13(2)18(11-12)17-9-8-15-6-4-5-7-16(15)19(17)14(3)20;;;/h4-10,14H,11H2,1-3H3;2*1H;/q-1;;;+1. The number of fused-ring (bicyclic) bond motifs is 1. The van der Waals surface area contributed by atoms with Gasteiger partial charge in [0.2, 0.25) is 0 Å². The van der Waals surface area contributed by atoms with Gasteiger partial charge in [-0.3, -0.25) is 0 Å². The van der Waals surface area contributed by atoms with Gasteiger partial charge in [0.05, 0.1) is 0 Å². The number of hydrogen-bond donors (Lipinski definition) is 0. The summed E-state index contributed by atoms with van der Waals surface area (Å²) in [7, 11) is 0. The molecule has 0 bridgehead atoms. The molecule has 0 aliphatic heterocycles. The Labute approximate surface area is 162 Å². The smallest absolute Gasteiger partial charge is 0.147 e. The van der Waals surface area contributed by atoms with Crippen LogP contribution in [0.4, 0.5) is 0 Å². The SMILES string of the molecule is CC1=CC(C)=C(c2ccc3ccccc3c2C(C)[O][Ti])C1.Cl.Cl. The van der Waals surface area contributed by atoms with Crippen LogP contribution >= 0.6 is 24.8 Å². The molecule has 0 saturated heterocycles. The second-order valence-corrected chi connectivity index (χ2v) is 6.21. The third kappa shape index (κ3) is 3.92. The van der Waals surface area contributed by atoms with Crippen molar-refractivity contribution >= 4 is 41.2 Å². The van der Waals surface area contributed by atoms with Crippen LogP contribution < -0.4 is 0 Å². The first-order chi connectivity index (χ1) is 10.1. The first-order valence-electron chi connectivity index (χ1n) is 7.33. The van der Waals surface area contributed by atoms with E-state index in [9.17, 15) is 0 Å². The molecule has 0 fully saturated rings. The van der Waals surface area contributed by atoms with Gasteiger partial charge in [-0.05, 0) is 0 Å². The zero-order valence-corrected chi connectivity index (χ0v) is 16.7. The van der Waals surface area contributed by atoms with E-state index < -0.39 is 0 Å². The summed E-state index contributed by atoms with van der Waals surface area (Å²) < 4.78 is 5.67. The van der Waals surface area contributed by atoms with Crippen LogP contribution in [0.3, 0.4) is 0 Å². The van der Waals surface area contributed by atoms with Crippen LogP contribution in [0.25, 0.3) is 16.3 Å². The van der Waals surface area contributed by atoms with Crippen molar-refractivity contribution in [2.24, 2.45) is 0 Å². The van der Waals surface area contributed by atoms with E-state index in [1.165, 1.54) is 38.6 Å². The second kappa shape index (κ2) is 8.51. The molecule has 1 aliphatic rings. The Morgan fingerprint density at radius 1 is 1.04 bits per heavy atom. The first-order valence-corrected chi connectivity index (χ1v) is 7.97. The Balaban J connectivity index is 0.00000132. The van der Waals surface area contributed by atoms with Crippen molar-refractivity contribution in [3.63, 3.8) is 0 Å². The maximum Gasteiger partial charge on any atom is -0.147 e. The van der Waals surface area contributed by atoms with Gasteiger partial charge in [0, 0.05) is 0 Å². The summed E-state index contributed by atoms with van der Waals surface area (Å²) in [5, 5.41) is 2.58. The van der Waals surface area contributed by atoms with Gasteiger partial charge >= 0.3 is 139 Å². The average Bonchev–Trinajstić information content (AvgIpc) is 2.83. The molecule has 1 unspecified atom stereocenters. The maximum absolute atomic E-state index is 5.67. The van der Waals surface area contributed by atoms with Crippen LogP contribution in [0.15, 0.2) is 53.6 Å². The Morgan fingerprint density at radius 3 is 2.35 bits per heavy atom. The molecule has 0 aromatic heterocycles. The number of hydrogen-bond acceptors (Lipinski definition) is 1. The third-order valence-corrected chi connectivity index (χ3v) is 4.83. The fourth-order valence-corrected chi connectivity index (χ4v) is 3.47. The van der Waals surface area contributed by atoms with E-state index in [4.69, 9.17) is 3.32 Å².